The molecule has 1 nitrogen and oxygen atoms in total. The third-order valence-corrected chi connectivity index (χ3v) is 3.36. The third-order valence-electron chi connectivity index (χ3n) is 3.36. The lowest BCUT2D eigenvalue weighted by atomic mass is 9.98. The van der Waals surface area contributed by atoms with Crippen molar-refractivity contribution in [3.05, 3.63) is 64.2 Å². The Kier molecular flexibility index (Phi) is 4.91. The van der Waals surface area contributed by atoms with Crippen LogP contribution in [0.15, 0.2) is 36.4 Å². The lowest BCUT2D eigenvalue weighted by Gasteiger charge is -2.15. The summed E-state index contributed by atoms with van der Waals surface area (Å²) in [7, 11) is 0. The number of phenols is 1. The van der Waals surface area contributed by atoms with Crippen LogP contribution in [0.1, 0.15) is 27.8 Å². The average Bonchev–Trinajstić information content (AvgIpc) is 2.43. The minimum Gasteiger partial charge on any atom is -0.508 e. The number of rotatable bonds is 2. The van der Waals surface area contributed by atoms with Crippen LogP contribution >= 0.6 is 0 Å². The molecule has 0 radical (unpaired) electrons. The van der Waals surface area contributed by atoms with Crippen LogP contribution in [0.3, 0.4) is 0 Å². The molecule has 0 saturated heterocycles. The fraction of sp³-hybridized carbons (Fsp3) is 0.250. The van der Waals surface area contributed by atoms with Crippen molar-refractivity contribution < 1.29 is 44.6 Å². The number of hydrogen-bond donors (Lipinski definition) is 1. The van der Waals surface area contributed by atoms with Crippen molar-refractivity contribution in [3.63, 3.8) is 0 Å². The molecule has 0 bridgehead atoms. The van der Waals surface area contributed by atoms with E-state index in [1.807, 2.05) is 0 Å². The summed E-state index contributed by atoms with van der Waals surface area (Å²) >= 11 is 0. The quantitative estimate of drug-likeness (QED) is 0.622. The van der Waals surface area contributed by atoms with Gasteiger partial charge in [-0.05, 0) is 53.9 Å². The number of phenolic OH excluding ortho intramolecular Hbond substituents is 1. The normalized spacial score (nSPS) is 13.1. The Balaban J connectivity index is 2.51. The molecule has 0 saturated carbocycles. The molecule has 0 heterocycles. The third kappa shape index (κ3) is 4.83. The second-order valence-corrected chi connectivity index (χ2v) is 5.48. The molecular formula is C16H9F9O. The fourth-order valence-corrected chi connectivity index (χ4v) is 2.30. The van der Waals surface area contributed by atoms with Gasteiger partial charge in [-0.1, -0.05) is 0 Å². The Hall–Kier alpha value is -2.39. The van der Waals surface area contributed by atoms with Crippen molar-refractivity contribution in [1.29, 1.82) is 0 Å². The SMILES string of the molecule is Oc1cc(Cc2cc(C(F)(F)F)cc(C(F)(F)F)c2)cc(C(F)(F)F)c1. The van der Waals surface area contributed by atoms with Gasteiger partial charge in [-0.25, -0.2) is 0 Å². The first-order valence-electron chi connectivity index (χ1n) is 6.85. The molecule has 2 rings (SSSR count). The molecule has 0 aliphatic rings. The van der Waals surface area contributed by atoms with E-state index in [1.54, 1.807) is 0 Å². The first kappa shape index (κ1) is 19.9. The Labute approximate surface area is 140 Å². The fourth-order valence-electron chi connectivity index (χ4n) is 2.30. The second-order valence-electron chi connectivity index (χ2n) is 5.48. The van der Waals surface area contributed by atoms with Crippen molar-refractivity contribution >= 4 is 0 Å². The molecule has 0 unspecified atom stereocenters. The van der Waals surface area contributed by atoms with Crippen LogP contribution < -0.4 is 0 Å². The minimum absolute atomic E-state index is 0.0763. The standard InChI is InChI=1S/C16H9F9O/c17-14(18,19)10-2-8(3-11(6-10)15(20,21)22)1-9-4-12(16(23,24)25)7-13(26)5-9/h2-7,26H,1H2. The van der Waals surface area contributed by atoms with Crippen LogP contribution in [-0.4, -0.2) is 5.11 Å². The van der Waals surface area contributed by atoms with Crippen LogP contribution in [0.4, 0.5) is 39.5 Å². The van der Waals surface area contributed by atoms with Crippen molar-refractivity contribution in [2.24, 2.45) is 0 Å². The van der Waals surface area contributed by atoms with Crippen LogP contribution in [0.2, 0.25) is 0 Å². The molecule has 10 heteroatoms. The number of benzene rings is 2. The Bertz CT molecular complexity index is 769. The number of halogens is 9. The van der Waals surface area contributed by atoms with Gasteiger partial charge in [-0.15, -0.1) is 0 Å². The van der Waals surface area contributed by atoms with Crippen LogP contribution in [0, 0.1) is 0 Å². The molecule has 2 aromatic carbocycles. The molecule has 0 amide bonds. The van der Waals surface area contributed by atoms with E-state index >= 15 is 0 Å². The second kappa shape index (κ2) is 6.40. The topological polar surface area (TPSA) is 20.2 Å². The zero-order chi connectivity index (χ0) is 19.9. The summed E-state index contributed by atoms with van der Waals surface area (Å²) in [6.07, 6.45) is -15.6. The summed E-state index contributed by atoms with van der Waals surface area (Å²) in [5.41, 5.74) is -5.19. The van der Waals surface area contributed by atoms with Gasteiger partial charge >= 0.3 is 18.5 Å². The van der Waals surface area contributed by atoms with E-state index in [9.17, 15) is 44.6 Å². The maximum atomic E-state index is 12.8. The van der Waals surface area contributed by atoms with Crippen molar-refractivity contribution in [1.82, 2.24) is 0 Å². The van der Waals surface area contributed by atoms with Gasteiger partial charge in [0, 0.05) is 0 Å². The highest BCUT2D eigenvalue weighted by atomic mass is 19.4. The molecule has 0 aliphatic heterocycles. The first-order chi connectivity index (χ1) is 11.7. The van der Waals surface area contributed by atoms with E-state index in [0.717, 1.165) is 6.07 Å². The van der Waals surface area contributed by atoms with E-state index in [1.165, 1.54) is 0 Å². The maximum Gasteiger partial charge on any atom is 0.416 e. The summed E-state index contributed by atoms with van der Waals surface area (Å²) in [4.78, 5) is 0. The maximum absolute atomic E-state index is 12.8. The molecule has 0 aliphatic carbocycles. The van der Waals surface area contributed by atoms with Gasteiger partial charge < -0.3 is 5.11 Å². The largest absolute Gasteiger partial charge is 0.508 e. The van der Waals surface area contributed by atoms with Gasteiger partial charge in [0.15, 0.2) is 0 Å². The summed E-state index contributed by atoms with van der Waals surface area (Å²) in [5.74, 6) is -0.808. The van der Waals surface area contributed by atoms with E-state index in [4.69, 9.17) is 0 Å². The van der Waals surface area contributed by atoms with Crippen molar-refractivity contribution in [2.45, 2.75) is 24.9 Å². The van der Waals surface area contributed by atoms with Crippen molar-refractivity contribution in [3.8, 4) is 5.75 Å². The van der Waals surface area contributed by atoms with Gasteiger partial charge in [0.2, 0.25) is 0 Å². The molecular weight excluding hydrogens is 379 g/mol. The van der Waals surface area contributed by atoms with Gasteiger partial charge in [0.05, 0.1) is 16.7 Å². The zero-order valence-electron chi connectivity index (χ0n) is 12.5. The summed E-state index contributed by atoms with van der Waals surface area (Å²) in [6.45, 7) is 0. The van der Waals surface area contributed by atoms with Gasteiger partial charge in [-0.2, -0.15) is 39.5 Å². The first-order valence-corrected chi connectivity index (χ1v) is 6.85. The molecule has 0 atom stereocenters. The predicted octanol–water partition coefficient (Wildman–Crippen LogP) is 6.04. The number of aromatic hydroxyl groups is 1. The summed E-state index contributed by atoms with van der Waals surface area (Å²) in [6, 6.07) is 2.55. The van der Waals surface area contributed by atoms with E-state index in [-0.39, 0.29) is 11.6 Å². The molecule has 26 heavy (non-hydrogen) atoms. The highest BCUT2D eigenvalue weighted by Crippen LogP contribution is 2.37. The van der Waals surface area contributed by atoms with Gasteiger partial charge in [0.1, 0.15) is 5.75 Å². The van der Waals surface area contributed by atoms with Gasteiger partial charge in [-0.3, -0.25) is 0 Å². The lowest BCUT2D eigenvalue weighted by molar-refractivity contribution is -0.143. The minimum atomic E-state index is -5.06. The predicted molar refractivity (Wildman–Crippen MR) is 72.4 cm³/mol. The van der Waals surface area contributed by atoms with Gasteiger partial charge in [0.25, 0.3) is 0 Å². The monoisotopic (exact) mass is 388 g/mol. The Morgan fingerprint density at radius 2 is 0.885 bits per heavy atom. The average molecular weight is 388 g/mol. The molecule has 0 fully saturated rings. The molecule has 1 N–H and O–H groups in total. The van der Waals surface area contributed by atoms with E-state index in [0.29, 0.717) is 24.3 Å². The number of hydrogen-bond acceptors (Lipinski definition) is 1. The molecule has 142 valence electrons. The smallest absolute Gasteiger partial charge is 0.416 e. The van der Waals surface area contributed by atoms with Crippen LogP contribution in [0.5, 0.6) is 5.75 Å². The number of alkyl halides is 9. The highest BCUT2D eigenvalue weighted by molar-refractivity contribution is 5.40. The van der Waals surface area contributed by atoms with E-state index in [2.05, 4.69) is 0 Å². The van der Waals surface area contributed by atoms with Crippen LogP contribution in [0.25, 0.3) is 0 Å². The Morgan fingerprint density at radius 1 is 0.538 bits per heavy atom. The molecule has 0 aromatic heterocycles. The molecule has 2 aromatic rings. The zero-order valence-corrected chi connectivity index (χ0v) is 12.5. The Morgan fingerprint density at radius 3 is 1.27 bits per heavy atom. The van der Waals surface area contributed by atoms with E-state index < -0.39 is 53.0 Å². The summed E-state index contributed by atoms with van der Waals surface area (Å²) < 4.78 is 115. The summed E-state index contributed by atoms with van der Waals surface area (Å²) in [5, 5.41) is 9.34. The molecule has 0 spiro atoms. The van der Waals surface area contributed by atoms with Crippen LogP contribution in [-0.2, 0) is 24.9 Å². The van der Waals surface area contributed by atoms with Crippen molar-refractivity contribution in [2.75, 3.05) is 0 Å². The lowest BCUT2D eigenvalue weighted by Crippen LogP contribution is -2.12. The highest BCUT2D eigenvalue weighted by Gasteiger charge is 2.37.